The Morgan fingerprint density at radius 1 is 1.13 bits per heavy atom. The Balaban J connectivity index is 2.81. The van der Waals surface area contributed by atoms with E-state index in [0.717, 1.165) is 17.1 Å². The Morgan fingerprint density at radius 2 is 1.67 bits per heavy atom. The van der Waals surface area contributed by atoms with Gasteiger partial charge in [0.05, 0.1) is 20.0 Å². The Kier molecular flexibility index (Phi) is 4.03. The number of rotatable bonds is 5. The molecule has 0 heterocycles. The largest absolute Gasteiger partial charge is 0.497 e. The van der Waals surface area contributed by atoms with Crippen LogP contribution in [0.4, 0.5) is 0 Å². The number of hydrogen-bond donors (Lipinski definition) is 0. The fourth-order valence-electron chi connectivity index (χ4n) is 1.16. The van der Waals surface area contributed by atoms with Crippen LogP contribution in [0.25, 0.3) is 0 Å². The van der Waals surface area contributed by atoms with Gasteiger partial charge in [-0.25, -0.2) is 0 Å². The van der Waals surface area contributed by atoms with E-state index in [0.29, 0.717) is 12.4 Å². The van der Waals surface area contributed by atoms with Gasteiger partial charge in [0.25, 0.3) is 0 Å². The van der Waals surface area contributed by atoms with E-state index in [1.807, 2.05) is 25.1 Å². The Bertz CT molecular complexity index is 322. The highest BCUT2D eigenvalue weighted by atomic mass is 16.5. The summed E-state index contributed by atoms with van der Waals surface area (Å²) in [5, 5.41) is 0. The van der Waals surface area contributed by atoms with Crippen LogP contribution in [0.15, 0.2) is 30.5 Å². The first kappa shape index (κ1) is 11.4. The molecule has 3 nitrogen and oxygen atoms in total. The molecule has 0 aliphatic rings. The summed E-state index contributed by atoms with van der Waals surface area (Å²) in [6.07, 6.45) is 0. The van der Waals surface area contributed by atoms with Crippen LogP contribution >= 0.6 is 0 Å². The van der Waals surface area contributed by atoms with E-state index in [9.17, 15) is 0 Å². The molecule has 0 atom stereocenters. The zero-order valence-corrected chi connectivity index (χ0v) is 9.37. The molecule has 0 bridgehead atoms. The van der Waals surface area contributed by atoms with Gasteiger partial charge < -0.3 is 14.2 Å². The normalized spacial score (nSPS) is 9.53. The minimum atomic E-state index is 0.475. The second-order valence-corrected chi connectivity index (χ2v) is 3.21. The lowest BCUT2D eigenvalue weighted by molar-refractivity contribution is 0.201. The lowest BCUT2D eigenvalue weighted by Crippen LogP contribution is -1.93. The van der Waals surface area contributed by atoms with Gasteiger partial charge in [-0.1, -0.05) is 6.58 Å². The van der Waals surface area contributed by atoms with Crippen molar-refractivity contribution in [3.63, 3.8) is 0 Å². The number of hydrogen-bond acceptors (Lipinski definition) is 3. The molecule has 1 rings (SSSR count). The third-order valence-electron chi connectivity index (χ3n) is 1.90. The minimum Gasteiger partial charge on any atom is -0.497 e. The van der Waals surface area contributed by atoms with Crippen molar-refractivity contribution < 1.29 is 14.2 Å². The minimum absolute atomic E-state index is 0.475. The highest BCUT2D eigenvalue weighted by molar-refractivity contribution is 5.38. The zero-order valence-electron chi connectivity index (χ0n) is 9.37. The maximum Gasteiger partial charge on any atom is 0.122 e. The van der Waals surface area contributed by atoms with E-state index < -0.39 is 0 Å². The standard InChI is InChI=1S/C12H16O3/c1-9(2)15-8-10-5-11(13-3)7-12(6-10)14-4/h5-7H,1,8H2,2-4H3. The fourth-order valence-corrected chi connectivity index (χ4v) is 1.16. The number of allylic oxidation sites excluding steroid dienone is 1. The average molecular weight is 208 g/mol. The molecule has 1 aromatic carbocycles. The predicted molar refractivity (Wildman–Crippen MR) is 59.1 cm³/mol. The predicted octanol–water partition coefficient (Wildman–Crippen LogP) is 2.75. The second kappa shape index (κ2) is 5.29. The molecular weight excluding hydrogens is 192 g/mol. The molecule has 0 aliphatic heterocycles. The summed E-state index contributed by atoms with van der Waals surface area (Å²) in [6.45, 7) is 5.96. The SMILES string of the molecule is C=C(C)OCc1cc(OC)cc(OC)c1. The van der Waals surface area contributed by atoms with Crippen LogP contribution in [0.3, 0.4) is 0 Å². The van der Waals surface area contributed by atoms with E-state index in [2.05, 4.69) is 6.58 Å². The Labute approximate surface area is 90.3 Å². The lowest BCUT2D eigenvalue weighted by Gasteiger charge is -2.09. The fraction of sp³-hybridized carbons (Fsp3) is 0.333. The van der Waals surface area contributed by atoms with E-state index >= 15 is 0 Å². The first-order chi connectivity index (χ1) is 7.15. The van der Waals surface area contributed by atoms with Crippen LogP contribution in [0.1, 0.15) is 12.5 Å². The van der Waals surface area contributed by atoms with E-state index in [4.69, 9.17) is 14.2 Å². The molecule has 0 saturated carbocycles. The average Bonchev–Trinajstić information content (AvgIpc) is 2.25. The third-order valence-corrected chi connectivity index (χ3v) is 1.90. The van der Waals surface area contributed by atoms with Crippen LogP contribution < -0.4 is 9.47 Å². The molecule has 0 aromatic heterocycles. The molecule has 0 unspecified atom stereocenters. The summed E-state index contributed by atoms with van der Waals surface area (Å²) in [4.78, 5) is 0. The van der Waals surface area contributed by atoms with Crippen LogP contribution in [0.5, 0.6) is 11.5 Å². The molecule has 1 aromatic rings. The Morgan fingerprint density at radius 3 is 2.07 bits per heavy atom. The highest BCUT2D eigenvalue weighted by Crippen LogP contribution is 2.23. The summed E-state index contributed by atoms with van der Waals surface area (Å²) in [5.74, 6) is 2.21. The van der Waals surface area contributed by atoms with Crippen molar-refractivity contribution in [3.8, 4) is 11.5 Å². The summed E-state index contributed by atoms with van der Waals surface area (Å²) >= 11 is 0. The van der Waals surface area contributed by atoms with Crippen molar-refractivity contribution in [2.24, 2.45) is 0 Å². The van der Waals surface area contributed by atoms with Crippen LogP contribution in [0, 0.1) is 0 Å². The van der Waals surface area contributed by atoms with Crippen molar-refractivity contribution in [1.82, 2.24) is 0 Å². The summed E-state index contributed by atoms with van der Waals surface area (Å²) in [6, 6.07) is 5.64. The topological polar surface area (TPSA) is 27.7 Å². The van der Waals surface area contributed by atoms with Gasteiger partial charge in [0.2, 0.25) is 0 Å². The summed E-state index contributed by atoms with van der Waals surface area (Å²) < 4.78 is 15.6. The van der Waals surface area contributed by atoms with Gasteiger partial charge in [-0.2, -0.15) is 0 Å². The van der Waals surface area contributed by atoms with Crippen molar-refractivity contribution in [3.05, 3.63) is 36.1 Å². The van der Waals surface area contributed by atoms with E-state index in [1.165, 1.54) is 0 Å². The van der Waals surface area contributed by atoms with Crippen molar-refractivity contribution >= 4 is 0 Å². The maximum absolute atomic E-state index is 5.32. The maximum atomic E-state index is 5.32. The second-order valence-electron chi connectivity index (χ2n) is 3.21. The molecule has 0 spiro atoms. The smallest absolute Gasteiger partial charge is 0.122 e. The zero-order chi connectivity index (χ0) is 11.3. The molecule has 0 saturated heterocycles. The van der Waals surface area contributed by atoms with Crippen molar-refractivity contribution in [2.45, 2.75) is 13.5 Å². The summed E-state index contributed by atoms with van der Waals surface area (Å²) in [5.41, 5.74) is 0.995. The molecule has 0 radical (unpaired) electrons. The number of ether oxygens (including phenoxy) is 3. The van der Waals surface area contributed by atoms with Crippen LogP contribution in [0.2, 0.25) is 0 Å². The first-order valence-electron chi connectivity index (χ1n) is 4.66. The Hall–Kier alpha value is -1.64. The van der Waals surface area contributed by atoms with Crippen LogP contribution in [-0.4, -0.2) is 14.2 Å². The lowest BCUT2D eigenvalue weighted by atomic mass is 10.2. The molecule has 0 aliphatic carbocycles. The van der Waals surface area contributed by atoms with Gasteiger partial charge in [0.15, 0.2) is 0 Å². The van der Waals surface area contributed by atoms with Crippen molar-refractivity contribution in [2.75, 3.05) is 14.2 Å². The quantitative estimate of drug-likeness (QED) is 0.696. The van der Waals surface area contributed by atoms with Gasteiger partial charge in [-0.15, -0.1) is 0 Å². The van der Waals surface area contributed by atoms with Gasteiger partial charge >= 0.3 is 0 Å². The van der Waals surface area contributed by atoms with Gasteiger partial charge in [0.1, 0.15) is 18.1 Å². The molecule has 0 fully saturated rings. The monoisotopic (exact) mass is 208 g/mol. The molecule has 0 amide bonds. The van der Waals surface area contributed by atoms with E-state index in [1.54, 1.807) is 14.2 Å². The first-order valence-corrected chi connectivity index (χ1v) is 4.66. The molecular formula is C12H16O3. The van der Waals surface area contributed by atoms with Crippen LogP contribution in [-0.2, 0) is 11.3 Å². The molecule has 82 valence electrons. The van der Waals surface area contributed by atoms with Gasteiger partial charge in [0, 0.05) is 6.07 Å². The molecule has 0 N–H and O–H groups in total. The van der Waals surface area contributed by atoms with Crippen molar-refractivity contribution in [1.29, 1.82) is 0 Å². The van der Waals surface area contributed by atoms with Gasteiger partial charge in [-0.3, -0.25) is 0 Å². The number of methoxy groups -OCH3 is 2. The van der Waals surface area contributed by atoms with E-state index in [-0.39, 0.29) is 0 Å². The van der Waals surface area contributed by atoms with Gasteiger partial charge in [-0.05, 0) is 24.6 Å². The molecule has 3 heteroatoms. The summed E-state index contributed by atoms with van der Waals surface area (Å²) in [7, 11) is 3.25. The number of benzene rings is 1. The third kappa shape index (κ3) is 3.54. The highest BCUT2D eigenvalue weighted by Gasteiger charge is 2.02. The molecule has 15 heavy (non-hydrogen) atoms.